The summed E-state index contributed by atoms with van der Waals surface area (Å²) < 4.78 is 63.3. The highest BCUT2D eigenvalue weighted by Crippen LogP contribution is 2.40. The van der Waals surface area contributed by atoms with Crippen molar-refractivity contribution in [2.75, 3.05) is 13.2 Å². The standard InChI is InChI=1S/C24H24F4O3/c1-3-15(2)23(29)31-14-21-18(12-16-4-8-19(9-5-16)24(26,27)28)13-30-22(21)17-6-10-20(25)11-7-17/h3-11,18,21-22H,12-14H2,1-2H3/b15-3-/t18-,21-,22?/m0/s1. The maximum Gasteiger partial charge on any atom is 0.416 e. The quantitative estimate of drug-likeness (QED) is 0.321. The third-order valence-electron chi connectivity index (χ3n) is 5.62. The number of alkyl halides is 3. The number of hydrogen-bond donors (Lipinski definition) is 0. The molecule has 0 aliphatic carbocycles. The molecule has 2 aromatic carbocycles. The number of allylic oxidation sites excluding steroid dienone is 1. The van der Waals surface area contributed by atoms with Crippen LogP contribution in [0.4, 0.5) is 17.6 Å². The van der Waals surface area contributed by atoms with Crippen molar-refractivity contribution in [3.8, 4) is 0 Å². The second kappa shape index (κ2) is 9.64. The zero-order chi connectivity index (χ0) is 22.6. The molecular weight excluding hydrogens is 412 g/mol. The highest BCUT2D eigenvalue weighted by Gasteiger charge is 2.39. The Morgan fingerprint density at radius 2 is 1.77 bits per heavy atom. The van der Waals surface area contributed by atoms with Gasteiger partial charge in [0.15, 0.2) is 0 Å². The van der Waals surface area contributed by atoms with Crippen LogP contribution in [0.3, 0.4) is 0 Å². The van der Waals surface area contributed by atoms with Crippen molar-refractivity contribution in [2.45, 2.75) is 32.5 Å². The van der Waals surface area contributed by atoms with Crippen LogP contribution in [-0.2, 0) is 26.9 Å². The van der Waals surface area contributed by atoms with Crippen molar-refractivity contribution >= 4 is 5.97 Å². The van der Waals surface area contributed by atoms with E-state index < -0.39 is 23.8 Å². The predicted molar refractivity (Wildman–Crippen MR) is 108 cm³/mol. The molecule has 0 bridgehead atoms. The molecule has 3 atom stereocenters. The third-order valence-corrected chi connectivity index (χ3v) is 5.62. The molecule has 1 aliphatic heterocycles. The van der Waals surface area contributed by atoms with E-state index in [1.54, 1.807) is 32.1 Å². The molecule has 31 heavy (non-hydrogen) atoms. The first-order valence-electron chi connectivity index (χ1n) is 10.0. The Balaban J connectivity index is 1.78. The zero-order valence-corrected chi connectivity index (χ0v) is 17.3. The monoisotopic (exact) mass is 436 g/mol. The van der Waals surface area contributed by atoms with E-state index in [4.69, 9.17) is 9.47 Å². The second-order valence-corrected chi connectivity index (χ2v) is 7.70. The molecule has 1 fully saturated rings. The Morgan fingerprint density at radius 3 is 2.35 bits per heavy atom. The molecule has 3 rings (SSSR count). The average molecular weight is 436 g/mol. The fraction of sp³-hybridized carbons (Fsp3) is 0.375. The molecule has 0 radical (unpaired) electrons. The molecule has 0 spiro atoms. The van der Waals surface area contributed by atoms with Crippen LogP contribution in [0.15, 0.2) is 60.2 Å². The van der Waals surface area contributed by atoms with Gasteiger partial charge in [0.25, 0.3) is 0 Å². The van der Waals surface area contributed by atoms with Gasteiger partial charge in [-0.05, 0) is 61.6 Å². The van der Waals surface area contributed by atoms with Crippen molar-refractivity contribution in [1.82, 2.24) is 0 Å². The second-order valence-electron chi connectivity index (χ2n) is 7.70. The fourth-order valence-electron chi connectivity index (χ4n) is 3.69. The number of halogens is 4. The summed E-state index contributed by atoms with van der Waals surface area (Å²) in [5, 5.41) is 0. The van der Waals surface area contributed by atoms with E-state index in [2.05, 4.69) is 0 Å². The van der Waals surface area contributed by atoms with Gasteiger partial charge in [-0.1, -0.05) is 30.3 Å². The number of hydrogen-bond acceptors (Lipinski definition) is 3. The summed E-state index contributed by atoms with van der Waals surface area (Å²) in [6.07, 6.45) is -2.66. The van der Waals surface area contributed by atoms with Gasteiger partial charge in [-0.15, -0.1) is 0 Å². The van der Waals surface area contributed by atoms with Crippen LogP contribution in [0, 0.1) is 17.7 Å². The van der Waals surface area contributed by atoms with Gasteiger partial charge in [0.05, 0.1) is 24.9 Å². The molecule has 0 amide bonds. The normalized spacial score (nSPS) is 21.9. The topological polar surface area (TPSA) is 35.5 Å². The Bertz CT molecular complexity index is 917. The van der Waals surface area contributed by atoms with Crippen LogP contribution < -0.4 is 0 Å². The molecule has 3 nitrogen and oxygen atoms in total. The summed E-state index contributed by atoms with van der Waals surface area (Å²) in [4.78, 5) is 12.1. The number of ether oxygens (including phenoxy) is 2. The molecule has 0 N–H and O–H groups in total. The molecule has 0 aromatic heterocycles. The number of rotatable bonds is 6. The highest BCUT2D eigenvalue weighted by molar-refractivity contribution is 5.87. The summed E-state index contributed by atoms with van der Waals surface area (Å²) in [7, 11) is 0. The molecule has 1 saturated heterocycles. The first kappa shape index (κ1) is 23.0. The Kier molecular flexibility index (Phi) is 7.15. The van der Waals surface area contributed by atoms with Gasteiger partial charge in [-0.3, -0.25) is 0 Å². The van der Waals surface area contributed by atoms with Crippen LogP contribution >= 0.6 is 0 Å². The van der Waals surface area contributed by atoms with Crippen LogP contribution in [0.25, 0.3) is 0 Å². The predicted octanol–water partition coefficient (Wildman–Crippen LogP) is 5.90. The number of carbonyl (C=O) groups excluding carboxylic acids is 1. The lowest BCUT2D eigenvalue weighted by Crippen LogP contribution is -2.24. The van der Waals surface area contributed by atoms with Gasteiger partial charge >= 0.3 is 12.1 Å². The van der Waals surface area contributed by atoms with Gasteiger partial charge in [0.1, 0.15) is 5.82 Å². The van der Waals surface area contributed by atoms with Crippen molar-refractivity contribution in [2.24, 2.45) is 11.8 Å². The van der Waals surface area contributed by atoms with E-state index in [1.165, 1.54) is 24.3 Å². The molecule has 0 saturated carbocycles. The summed E-state index contributed by atoms with van der Waals surface area (Å²) in [6.45, 7) is 3.85. The number of carbonyl (C=O) groups is 1. The molecule has 1 aliphatic rings. The lowest BCUT2D eigenvalue weighted by atomic mass is 9.84. The molecule has 1 heterocycles. The summed E-state index contributed by atoms with van der Waals surface area (Å²) in [5.41, 5.74) is 1.29. The van der Waals surface area contributed by atoms with Crippen molar-refractivity contribution < 1.29 is 31.8 Å². The average Bonchev–Trinajstić information content (AvgIpc) is 3.14. The van der Waals surface area contributed by atoms with E-state index in [1.807, 2.05) is 0 Å². The molecule has 7 heteroatoms. The molecule has 166 valence electrons. The van der Waals surface area contributed by atoms with Crippen molar-refractivity contribution in [1.29, 1.82) is 0 Å². The summed E-state index contributed by atoms with van der Waals surface area (Å²) in [6, 6.07) is 11.0. The minimum Gasteiger partial charge on any atom is -0.462 e. The van der Waals surface area contributed by atoms with Crippen LogP contribution in [-0.4, -0.2) is 19.2 Å². The lowest BCUT2D eigenvalue weighted by Gasteiger charge is -2.23. The van der Waals surface area contributed by atoms with Gasteiger partial charge in [0, 0.05) is 11.5 Å². The van der Waals surface area contributed by atoms with Crippen molar-refractivity contribution in [3.63, 3.8) is 0 Å². The molecular formula is C24H24F4O3. The Hall–Kier alpha value is -2.67. The van der Waals surface area contributed by atoms with Gasteiger partial charge in [-0.25, -0.2) is 9.18 Å². The van der Waals surface area contributed by atoms with Crippen LogP contribution in [0.5, 0.6) is 0 Å². The zero-order valence-electron chi connectivity index (χ0n) is 17.3. The largest absolute Gasteiger partial charge is 0.462 e. The van der Waals surface area contributed by atoms with E-state index in [0.717, 1.165) is 23.3 Å². The van der Waals surface area contributed by atoms with Crippen LogP contribution in [0.1, 0.15) is 36.6 Å². The first-order chi connectivity index (χ1) is 14.7. The minimum atomic E-state index is -4.38. The number of benzene rings is 2. The van der Waals surface area contributed by atoms with E-state index in [0.29, 0.717) is 18.6 Å². The first-order valence-corrected chi connectivity index (χ1v) is 10.0. The minimum absolute atomic E-state index is 0.0782. The highest BCUT2D eigenvalue weighted by atomic mass is 19.4. The van der Waals surface area contributed by atoms with Gasteiger partial charge < -0.3 is 9.47 Å². The van der Waals surface area contributed by atoms with Crippen LogP contribution in [0.2, 0.25) is 0 Å². The van der Waals surface area contributed by atoms with Gasteiger partial charge in [-0.2, -0.15) is 13.2 Å². The van der Waals surface area contributed by atoms with E-state index in [9.17, 15) is 22.4 Å². The molecule has 2 aromatic rings. The van der Waals surface area contributed by atoms with Gasteiger partial charge in [0.2, 0.25) is 0 Å². The third kappa shape index (κ3) is 5.73. The Morgan fingerprint density at radius 1 is 1.13 bits per heavy atom. The van der Waals surface area contributed by atoms with E-state index >= 15 is 0 Å². The summed E-state index contributed by atoms with van der Waals surface area (Å²) >= 11 is 0. The maximum absolute atomic E-state index is 13.3. The SMILES string of the molecule is C/C=C(/C)C(=O)OC[C@@H]1C(c2ccc(F)cc2)OC[C@@H]1Cc1ccc(C(F)(F)F)cc1. The van der Waals surface area contributed by atoms with E-state index in [-0.39, 0.29) is 24.3 Å². The smallest absolute Gasteiger partial charge is 0.416 e. The number of esters is 1. The summed E-state index contributed by atoms with van der Waals surface area (Å²) in [5.74, 6) is -1.10. The van der Waals surface area contributed by atoms with Crippen molar-refractivity contribution in [3.05, 3.63) is 82.7 Å². The molecule has 1 unspecified atom stereocenters. The lowest BCUT2D eigenvalue weighted by molar-refractivity contribution is -0.141. The Labute approximate surface area is 178 Å². The fourth-order valence-corrected chi connectivity index (χ4v) is 3.69. The maximum atomic E-state index is 13.3.